The molecule has 0 radical (unpaired) electrons. The highest BCUT2D eigenvalue weighted by Crippen LogP contribution is 2.16. The summed E-state index contributed by atoms with van der Waals surface area (Å²) in [6.45, 7) is 14.9. The van der Waals surface area contributed by atoms with Crippen molar-refractivity contribution in [1.82, 2.24) is 15.5 Å². The number of carbonyl (C=O) groups is 1. The van der Waals surface area contributed by atoms with Gasteiger partial charge in [0.15, 0.2) is 5.96 Å². The SMILES string of the molecule is CC(C)Oc1ccc(NC(=NCC(=O)NC(C)(C)C)NCCN2CCOCC2)cc1. The average molecular weight is 420 g/mol. The molecule has 0 spiro atoms. The first-order chi connectivity index (χ1) is 14.2. The van der Waals surface area contributed by atoms with E-state index in [9.17, 15) is 4.79 Å². The highest BCUT2D eigenvalue weighted by atomic mass is 16.5. The molecule has 168 valence electrons. The summed E-state index contributed by atoms with van der Waals surface area (Å²) in [4.78, 5) is 19.0. The summed E-state index contributed by atoms with van der Waals surface area (Å²) < 4.78 is 11.1. The molecule has 2 rings (SSSR count). The van der Waals surface area contributed by atoms with E-state index in [2.05, 4.69) is 25.8 Å². The zero-order valence-electron chi connectivity index (χ0n) is 19.0. The molecule has 0 aromatic heterocycles. The monoisotopic (exact) mass is 419 g/mol. The van der Waals surface area contributed by atoms with Gasteiger partial charge in [-0.05, 0) is 58.9 Å². The summed E-state index contributed by atoms with van der Waals surface area (Å²) in [5.41, 5.74) is 0.593. The van der Waals surface area contributed by atoms with Gasteiger partial charge in [0.25, 0.3) is 0 Å². The minimum Gasteiger partial charge on any atom is -0.491 e. The molecule has 1 aromatic rings. The van der Waals surface area contributed by atoms with E-state index in [1.807, 2.05) is 58.9 Å². The third-order valence-corrected chi connectivity index (χ3v) is 4.21. The summed E-state index contributed by atoms with van der Waals surface area (Å²) in [6.07, 6.45) is 0.129. The minimum absolute atomic E-state index is 0.0543. The lowest BCUT2D eigenvalue weighted by Crippen LogP contribution is -2.44. The van der Waals surface area contributed by atoms with Crippen molar-refractivity contribution in [3.05, 3.63) is 24.3 Å². The standard InChI is InChI=1S/C22H37N5O3/c1-17(2)30-19-8-6-18(7-9-19)25-21(24-16-20(28)26-22(3,4)5)23-10-11-27-12-14-29-15-13-27/h6-9,17H,10-16H2,1-5H3,(H,26,28)(H2,23,24,25). The molecule has 0 atom stereocenters. The normalized spacial score (nSPS) is 15.7. The number of ether oxygens (including phenoxy) is 2. The van der Waals surface area contributed by atoms with Crippen molar-refractivity contribution in [3.63, 3.8) is 0 Å². The van der Waals surface area contributed by atoms with E-state index < -0.39 is 0 Å². The van der Waals surface area contributed by atoms with E-state index in [-0.39, 0.29) is 24.1 Å². The van der Waals surface area contributed by atoms with E-state index in [0.717, 1.165) is 50.8 Å². The molecule has 8 nitrogen and oxygen atoms in total. The maximum absolute atomic E-state index is 12.2. The topological polar surface area (TPSA) is 87.2 Å². The van der Waals surface area contributed by atoms with E-state index in [0.29, 0.717) is 5.96 Å². The van der Waals surface area contributed by atoms with Gasteiger partial charge in [-0.15, -0.1) is 0 Å². The summed E-state index contributed by atoms with van der Waals surface area (Å²) >= 11 is 0. The van der Waals surface area contributed by atoms with Crippen molar-refractivity contribution in [1.29, 1.82) is 0 Å². The number of nitrogens with one attached hydrogen (secondary N) is 3. The van der Waals surface area contributed by atoms with Gasteiger partial charge in [0, 0.05) is 37.4 Å². The maximum atomic E-state index is 12.2. The largest absolute Gasteiger partial charge is 0.491 e. The van der Waals surface area contributed by atoms with E-state index in [1.165, 1.54) is 0 Å². The summed E-state index contributed by atoms with van der Waals surface area (Å²) in [6, 6.07) is 7.71. The van der Waals surface area contributed by atoms with E-state index in [1.54, 1.807) is 0 Å². The molecular weight excluding hydrogens is 382 g/mol. The molecule has 1 amide bonds. The molecule has 1 fully saturated rings. The molecule has 1 saturated heterocycles. The first kappa shape index (κ1) is 24.0. The Kier molecular flexibility index (Phi) is 9.39. The molecule has 1 aliphatic rings. The number of amides is 1. The quantitative estimate of drug-likeness (QED) is 0.442. The zero-order chi connectivity index (χ0) is 22.0. The predicted molar refractivity (Wildman–Crippen MR) is 121 cm³/mol. The van der Waals surface area contributed by atoms with Crippen molar-refractivity contribution in [3.8, 4) is 5.75 Å². The van der Waals surface area contributed by atoms with Gasteiger partial charge in [-0.2, -0.15) is 0 Å². The Balaban J connectivity index is 1.96. The Bertz CT molecular complexity index is 677. The van der Waals surface area contributed by atoms with Crippen LogP contribution in [0.4, 0.5) is 5.69 Å². The number of hydrogen-bond donors (Lipinski definition) is 3. The number of nitrogens with zero attached hydrogens (tertiary/aromatic N) is 2. The first-order valence-electron chi connectivity index (χ1n) is 10.6. The van der Waals surface area contributed by atoms with Crippen molar-refractivity contribution in [2.75, 3.05) is 51.3 Å². The lowest BCUT2D eigenvalue weighted by Gasteiger charge is -2.26. The number of morpholine rings is 1. The van der Waals surface area contributed by atoms with Gasteiger partial charge in [-0.25, -0.2) is 4.99 Å². The summed E-state index contributed by atoms with van der Waals surface area (Å²) in [7, 11) is 0. The third kappa shape index (κ3) is 9.93. The fraction of sp³-hybridized carbons (Fsp3) is 0.636. The predicted octanol–water partition coefficient (Wildman–Crippen LogP) is 2.08. The maximum Gasteiger partial charge on any atom is 0.242 e. The molecule has 0 aliphatic carbocycles. The Hall–Kier alpha value is -2.32. The van der Waals surface area contributed by atoms with Crippen LogP contribution >= 0.6 is 0 Å². The second-order valence-electron chi connectivity index (χ2n) is 8.66. The molecule has 1 aromatic carbocycles. The second-order valence-corrected chi connectivity index (χ2v) is 8.66. The van der Waals surface area contributed by atoms with Gasteiger partial charge >= 0.3 is 0 Å². The van der Waals surface area contributed by atoms with Crippen LogP contribution in [0.5, 0.6) is 5.75 Å². The number of carbonyl (C=O) groups excluding carboxylic acids is 1. The van der Waals surface area contributed by atoms with Crippen LogP contribution < -0.4 is 20.7 Å². The van der Waals surface area contributed by atoms with Crippen LogP contribution in [0.1, 0.15) is 34.6 Å². The second kappa shape index (κ2) is 11.8. The third-order valence-electron chi connectivity index (χ3n) is 4.21. The van der Waals surface area contributed by atoms with Gasteiger partial charge in [0.05, 0.1) is 19.3 Å². The summed E-state index contributed by atoms with van der Waals surface area (Å²) in [5, 5.41) is 9.53. The molecule has 1 heterocycles. The Morgan fingerprint density at radius 2 is 1.87 bits per heavy atom. The van der Waals surface area contributed by atoms with Crippen LogP contribution in [0, 0.1) is 0 Å². The fourth-order valence-electron chi connectivity index (χ4n) is 2.93. The van der Waals surface area contributed by atoms with Crippen LogP contribution in [0.25, 0.3) is 0 Å². The number of rotatable bonds is 8. The van der Waals surface area contributed by atoms with E-state index in [4.69, 9.17) is 9.47 Å². The fourth-order valence-corrected chi connectivity index (χ4v) is 2.93. The smallest absolute Gasteiger partial charge is 0.242 e. The number of anilines is 1. The van der Waals surface area contributed by atoms with Crippen LogP contribution in [0.3, 0.4) is 0 Å². The molecular formula is C22H37N5O3. The number of benzene rings is 1. The van der Waals surface area contributed by atoms with Gasteiger partial charge in [0.1, 0.15) is 12.3 Å². The van der Waals surface area contributed by atoms with Gasteiger partial charge in [-0.1, -0.05) is 0 Å². The van der Waals surface area contributed by atoms with Crippen LogP contribution in [-0.2, 0) is 9.53 Å². The molecule has 3 N–H and O–H groups in total. The zero-order valence-corrected chi connectivity index (χ0v) is 19.0. The number of aliphatic imine (C=N–C) groups is 1. The Labute approximate surface area is 180 Å². The van der Waals surface area contributed by atoms with Crippen LogP contribution in [-0.4, -0.2) is 74.3 Å². The van der Waals surface area contributed by atoms with Crippen LogP contribution in [0.2, 0.25) is 0 Å². The molecule has 30 heavy (non-hydrogen) atoms. The van der Waals surface area contributed by atoms with Gasteiger partial charge < -0.3 is 25.4 Å². The Morgan fingerprint density at radius 1 is 1.20 bits per heavy atom. The van der Waals surface area contributed by atoms with Gasteiger partial charge in [-0.3, -0.25) is 9.69 Å². The molecule has 0 saturated carbocycles. The highest BCUT2D eigenvalue weighted by Gasteiger charge is 2.14. The number of guanidine groups is 1. The van der Waals surface area contributed by atoms with Gasteiger partial charge in [0.2, 0.25) is 5.91 Å². The Morgan fingerprint density at radius 3 is 2.47 bits per heavy atom. The molecule has 0 bridgehead atoms. The molecule has 1 aliphatic heterocycles. The molecule has 0 unspecified atom stereocenters. The van der Waals surface area contributed by atoms with Crippen molar-refractivity contribution < 1.29 is 14.3 Å². The number of hydrogen-bond acceptors (Lipinski definition) is 5. The lowest BCUT2D eigenvalue weighted by molar-refractivity contribution is -0.121. The summed E-state index contributed by atoms with van der Waals surface area (Å²) in [5.74, 6) is 1.28. The minimum atomic E-state index is -0.282. The van der Waals surface area contributed by atoms with E-state index >= 15 is 0 Å². The lowest BCUT2D eigenvalue weighted by atomic mass is 10.1. The average Bonchev–Trinajstić information content (AvgIpc) is 2.66. The van der Waals surface area contributed by atoms with Crippen molar-refractivity contribution in [2.45, 2.75) is 46.3 Å². The molecule has 8 heteroatoms. The van der Waals surface area contributed by atoms with Crippen molar-refractivity contribution in [2.24, 2.45) is 4.99 Å². The van der Waals surface area contributed by atoms with Crippen LogP contribution in [0.15, 0.2) is 29.3 Å². The highest BCUT2D eigenvalue weighted by molar-refractivity contribution is 5.95. The first-order valence-corrected chi connectivity index (χ1v) is 10.6. The van der Waals surface area contributed by atoms with Crippen molar-refractivity contribution >= 4 is 17.6 Å².